The predicted octanol–water partition coefficient (Wildman–Crippen LogP) is 4.94. The first kappa shape index (κ1) is 30.2. The second-order valence-electron chi connectivity index (χ2n) is 10.9. The van der Waals surface area contributed by atoms with E-state index in [9.17, 15) is 19.6 Å². The van der Waals surface area contributed by atoms with E-state index in [0.717, 1.165) is 35.3 Å². The van der Waals surface area contributed by atoms with Crippen LogP contribution < -0.4 is 15.5 Å². The Morgan fingerprint density at radius 3 is 2.44 bits per heavy atom. The van der Waals surface area contributed by atoms with Crippen LogP contribution in [0.1, 0.15) is 64.9 Å². The average Bonchev–Trinajstić information content (AvgIpc) is 3.11. The fraction of sp³-hybridized carbons (Fsp3) is 0.516. The van der Waals surface area contributed by atoms with Gasteiger partial charge in [0.15, 0.2) is 0 Å². The maximum atomic E-state index is 13.6. The van der Waals surface area contributed by atoms with Crippen molar-refractivity contribution in [2.24, 2.45) is 17.8 Å². The zero-order valence-electron chi connectivity index (χ0n) is 23.6. The summed E-state index contributed by atoms with van der Waals surface area (Å²) in [7, 11) is 1.64. The normalized spacial score (nSPS) is 17.3. The number of nitrogens with zero attached hydrogens (tertiary/aromatic N) is 1. The summed E-state index contributed by atoms with van der Waals surface area (Å²) >= 11 is 0. The molecule has 3 amide bonds. The van der Waals surface area contributed by atoms with Crippen molar-refractivity contribution in [2.45, 2.75) is 71.9 Å². The molecule has 2 aromatic carbocycles. The number of hydrogen-bond acceptors (Lipinski definition) is 5. The number of benzene rings is 2. The molecule has 0 bridgehead atoms. The molecular weight excluding hydrogens is 494 g/mol. The van der Waals surface area contributed by atoms with Gasteiger partial charge in [0.05, 0.1) is 13.0 Å². The van der Waals surface area contributed by atoms with Gasteiger partial charge in [-0.25, -0.2) is 5.48 Å². The van der Waals surface area contributed by atoms with Gasteiger partial charge in [0, 0.05) is 19.0 Å². The zero-order chi connectivity index (χ0) is 28.4. The van der Waals surface area contributed by atoms with E-state index in [4.69, 9.17) is 4.74 Å². The van der Waals surface area contributed by atoms with Crippen LogP contribution in [0, 0.1) is 17.8 Å². The van der Waals surface area contributed by atoms with E-state index < -0.39 is 23.8 Å². The maximum absolute atomic E-state index is 13.6. The Balaban J connectivity index is 1.75. The fourth-order valence-corrected chi connectivity index (χ4v) is 5.40. The second kappa shape index (κ2) is 14.7. The van der Waals surface area contributed by atoms with E-state index in [-0.39, 0.29) is 17.7 Å². The van der Waals surface area contributed by atoms with Crippen molar-refractivity contribution in [3.05, 3.63) is 54.1 Å². The standard InChI is InChI=1S/C31H43N3O5/c1-5-9-26(30(36)33-38)27(18-21(2)3)29(35)32-28-12-6-7-17-34(31(28)37)20-22-10-8-11-24(19-22)23-13-15-25(39-4)16-14-23/h8,10-11,13-16,19,21,26-28,38H,5-7,9,12,17-18,20H2,1-4H3,(H,32,35)(H,33,36)/t26-,27-,28-/m0/s1. The van der Waals surface area contributed by atoms with Crippen LogP contribution in [0.2, 0.25) is 0 Å². The molecule has 0 unspecified atom stereocenters. The van der Waals surface area contributed by atoms with E-state index in [0.29, 0.717) is 38.8 Å². The Hall–Kier alpha value is -3.39. The Morgan fingerprint density at radius 2 is 1.79 bits per heavy atom. The molecular formula is C31H43N3O5. The average molecular weight is 538 g/mol. The van der Waals surface area contributed by atoms with Crippen molar-refractivity contribution in [1.29, 1.82) is 0 Å². The van der Waals surface area contributed by atoms with Gasteiger partial charge in [-0.3, -0.25) is 19.6 Å². The van der Waals surface area contributed by atoms with Gasteiger partial charge in [0.2, 0.25) is 17.7 Å². The lowest BCUT2D eigenvalue weighted by Gasteiger charge is -2.29. The molecule has 3 rings (SSSR count). The Labute approximate surface area is 232 Å². The number of carbonyl (C=O) groups is 3. The van der Waals surface area contributed by atoms with Crippen LogP contribution >= 0.6 is 0 Å². The maximum Gasteiger partial charge on any atom is 0.247 e. The van der Waals surface area contributed by atoms with E-state index in [1.807, 2.05) is 68.1 Å². The van der Waals surface area contributed by atoms with Crippen LogP contribution in [0.25, 0.3) is 11.1 Å². The summed E-state index contributed by atoms with van der Waals surface area (Å²) < 4.78 is 5.26. The quantitative estimate of drug-likeness (QED) is 0.262. The first-order chi connectivity index (χ1) is 18.8. The molecule has 0 aliphatic carbocycles. The summed E-state index contributed by atoms with van der Waals surface area (Å²) in [5.41, 5.74) is 4.88. The van der Waals surface area contributed by atoms with Crippen LogP contribution in [-0.4, -0.2) is 47.5 Å². The third-order valence-electron chi connectivity index (χ3n) is 7.42. The largest absolute Gasteiger partial charge is 0.497 e. The molecule has 0 spiro atoms. The lowest BCUT2D eigenvalue weighted by Crippen LogP contribution is -2.51. The number of hydroxylamine groups is 1. The molecule has 8 nitrogen and oxygen atoms in total. The number of methoxy groups -OCH3 is 1. The monoisotopic (exact) mass is 537 g/mol. The lowest BCUT2D eigenvalue weighted by atomic mass is 9.81. The van der Waals surface area contributed by atoms with Crippen molar-refractivity contribution in [3.63, 3.8) is 0 Å². The van der Waals surface area contributed by atoms with Crippen molar-refractivity contribution >= 4 is 17.7 Å². The van der Waals surface area contributed by atoms with Crippen LogP contribution in [0.4, 0.5) is 0 Å². The zero-order valence-corrected chi connectivity index (χ0v) is 23.6. The molecule has 1 fully saturated rings. The SMILES string of the molecule is CCC[C@H](C(=O)NO)[C@H](CC(C)C)C(=O)N[C@H]1CCCCN(Cc2cccc(-c3ccc(OC)cc3)c2)C1=O. The van der Waals surface area contributed by atoms with E-state index in [2.05, 4.69) is 11.4 Å². The molecule has 1 aliphatic heterocycles. The summed E-state index contributed by atoms with van der Waals surface area (Å²) in [5.74, 6) is -1.26. The highest BCUT2D eigenvalue weighted by atomic mass is 16.5. The van der Waals surface area contributed by atoms with Crippen molar-refractivity contribution in [3.8, 4) is 16.9 Å². The topological polar surface area (TPSA) is 108 Å². The van der Waals surface area contributed by atoms with E-state index in [1.165, 1.54) is 0 Å². The molecule has 39 heavy (non-hydrogen) atoms. The number of amides is 3. The molecule has 1 saturated heterocycles. The van der Waals surface area contributed by atoms with Crippen molar-refractivity contribution < 1.29 is 24.3 Å². The molecule has 212 valence electrons. The van der Waals surface area contributed by atoms with E-state index >= 15 is 0 Å². The fourth-order valence-electron chi connectivity index (χ4n) is 5.40. The highest BCUT2D eigenvalue weighted by molar-refractivity contribution is 5.91. The first-order valence-corrected chi connectivity index (χ1v) is 14.0. The van der Waals surface area contributed by atoms with Gasteiger partial charge < -0.3 is 15.0 Å². The third-order valence-corrected chi connectivity index (χ3v) is 7.42. The highest BCUT2D eigenvalue weighted by Gasteiger charge is 2.36. The summed E-state index contributed by atoms with van der Waals surface area (Å²) in [4.78, 5) is 41.4. The molecule has 1 heterocycles. The number of nitrogens with one attached hydrogen (secondary N) is 2. The van der Waals surface area contributed by atoms with Gasteiger partial charge in [-0.2, -0.15) is 0 Å². The summed E-state index contributed by atoms with van der Waals surface area (Å²) in [5, 5.41) is 12.3. The molecule has 1 aliphatic rings. The second-order valence-corrected chi connectivity index (χ2v) is 10.9. The van der Waals surface area contributed by atoms with Crippen molar-refractivity contribution in [1.82, 2.24) is 15.7 Å². The van der Waals surface area contributed by atoms with Crippen LogP contribution in [0.15, 0.2) is 48.5 Å². The molecule has 3 N–H and O–H groups in total. The molecule has 8 heteroatoms. The Kier molecular flexibility index (Phi) is 11.3. The number of hydrogen-bond donors (Lipinski definition) is 3. The molecule has 0 radical (unpaired) electrons. The molecule has 3 atom stereocenters. The van der Waals surface area contributed by atoms with Gasteiger partial charge >= 0.3 is 0 Å². The minimum atomic E-state index is -0.653. The van der Waals surface area contributed by atoms with Gasteiger partial charge in [0.25, 0.3) is 0 Å². The summed E-state index contributed by atoms with van der Waals surface area (Å²) in [6, 6.07) is 15.4. The third kappa shape index (κ3) is 8.30. The van der Waals surface area contributed by atoms with Crippen LogP contribution in [0.3, 0.4) is 0 Å². The van der Waals surface area contributed by atoms with Crippen molar-refractivity contribution in [2.75, 3.05) is 13.7 Å². The minimum Gasteiger partial charge on any atom is -0.497 e. The minimum absolute atomic E-state index is 0.0994. The van der Waals surface area contributed by atoms with Gasteiger partial charge in [-0.1, -0.05) is 57.5 Å². The van der Waals surface area contributed by atoms with Gasteiger partial charge in [-0.15, -0.1) is 0 Å². The molecule has 0 saturated carbocycles. The summed E-state index contributed by atoms with van der Waals surface area (Å²) in [6.45, 7) is 7.02. The smallest absolute Gasteiger partial charge is 0.247 e. The highest BCUT2D eigenvalue weighted by Crippen LogP contribution is 2.27. The number of ether oxygens (including phenoxy) is 1. The van der Waals surface area contributed by atoms with E-state index in [1.54, 1.807) is 12.6 Å². The van der Waals surface area contributed by atoms with Crippen LogP contribution in [0.5, 0.6) is 5.75 Å². The molecule has 2 aromatic rings. The number of likely N-dealkylation sites (tertiary alicyclic amines) is 1. The number of rotatable bonds is 12. The predicted molar refractivity (Wildman–Crippen MR) is 151 cm³/mol. The van der Waals surface area contributed by atoms with Crippen LogP contribution in [-0.2, 0) is 20.9 Å². The summed E-state index contributed by atoms with van der Waals surface area (Å²) in [6.07, 6.45) is 3.91. The molecule has 0 aromatic heterocycles. The van der Waals surface area contributed by atoms with Gasteiger partial charge in [0.1, 0.15) is 11.8 Å². The lowest BCUT2D eigenvalue weighted by molar-refractivity contribution is -0.143. The Bertz CT molecular complexity index is 1100. The Morgan fingerprint density at radius 1 is 1.05 bits per heavy atom. The first-order valence-electron chi connectivity index (χ1n) is 14.0. The number of carbonyl (C=O) groups excluding carboxylic acids is 3. The van der Waals surface area contributed by atoms with Gasteiger partial charge in [-0.05, 0) is 72.9 Å².